The normalized spacial score (nSPS) is 16.8. The molecule has 2 aliphatic rings. The lowest BCUT2D eigenvalue weighted by Gasteiger charge is -2.31. The molecule has 0 unspecified atom stereocenters. The van der Waals surface area contributed by atoms with Gasteiger partial charge in [-0.15, -0.1) is 0 Å². The Morgan fingerprint density at radius 3 is 2.50 bits per heavy atom. The molecular weight excluding hydrogens is 502 g/mol. The van der Waals surface area contributed by atoms with Crippen LogP contribution in [-0.2, 0) is 18.4 Å². The number of nitrogens with one attached hydrogen (secondary N) is 1. The van der Waals surface area contributed by atoms with Gasteiger partial charge in [0, 0.05) is 55.3 Å². The topological polar surface area (TPSA) is 96.2 Å². The van der Waals surface area contributed by atoms with Crippen molar-refractivity contribution in [1.29, 1.82) is 0 Å². The molecule has 2 aromatic carbocycles. The lowest BCUT2D eigenvalue weighted by molar-refractivity contribution is -0.121. The molecule has 2 saturated heterocycles. The molecule has 206 valence electrons. The summed E-state index contributed by atoms with van der Waals surface area (Å²) in [6.07, 6.45) is 8.72. The molecule has 0 saturated carbocycles. The number of fused-ring (bicyclic) bond motifs is 1. The smallest absolute Gasteiger partial charge is 0.253 e. The monoisotopic (exact) mass is 537 g/mol. The Labute approximate surface area is 234 Å². The van der Waals surface area contributed by atoms with Crippen molar-refractivity contribution < 1.29 is 9.59 Å². The number of anilines is 1. The number of piperidine rings is 2. The lowest BCUT2D eigenvalue weighted by Crippen LogP contribution is -2.41. The molecule has 9 heteroatoms. The van der Waals surface area contributed by atoms with Crippen molar-refractivity contribution >= 4 is 28.7 Å². The van der Waals surface area contributed by atoms with Crippen LogP contribution in [0.1, 0.15) is 48.2 Å². The third kappa shape index (κ3) is 5.60. The van der Waals surface area contributed by atoms with Crippen LogP contribution >= 0.6 is 0 Å². The summed E-state index contributed by atoms with van der Waals surface area (Å²) < 4.78 is 1.97. The number of aryl methyl sites for hydroxylation is 1. The van der Waals surface area contributed by atoms with Gasteiger partial charge in [-0.05, 0) is 62.5 Å². The van der Waals surface area contributed by atoms with Crippen molar-refractivity contribution in [3.8, 4) is 11.1 Å². The van der Waals surface area contributed by atoms with Gasteiger partial charge in [0.1, 0.15) is 0 Å². The highest BCUT2D eigenvalue weighted by Crippen LogP contribution is 2.28. The predicted molar refractivity (Wildman–Crippen MR) is 155 cm³/mol. The SMILES string of the molecule is Cn1ncc(-c2ccc3cnc(NC(=O)C4CCN(C(=O)c5ccccc5)CC4)nc3c2)c1CN1CCCCC1. The minimum Gasteiger partial charge on any atom is -0.339 e. The second-order valence-electron chi connectivity index (χ2n) is 10.9. The van der Waals surface area contributed by atoms with E-state index in [1.54, 1.807) is 6.20 Å². The molecule has 0 bridgehead atoms. The van der Waals surface area contributed by atoms with Crippen molar-refractivity contribution in [2.45, 2.75) is 38.6 Å². The Bertz CT molecular complexity index is 1500. The van der Waals surface area contributed by atoms with E-state index in [1.165, 1.54) is 25.0 Å². The molecule has 0 radical (unpaired) electrons. The van der Waals surface area contributed by atoms with Gasteiger partial charge < -0.3 is 4.90 Å². The lowest BCUT2D eigenvalue weighted by atomic mass is 9.95. The number of carbonyl (C=O) groups is 2. The van der Waals surface area contributed by atoms with Crippen molar-refractivity contribution in [2.75, 3.05) is 31.5 Å². The Morgan fingerprint density at radius 1 is 0.950 bits per heavy atom. The minimum absolute atomic E-state index is 0.0147. The van der Waals surface area contributed by atoms with Gasteiger partial charge in [-0.1, -0.05) is 36.8 Å². The van der Waals surface area contributed by atoms with Crippen molar-refractivity contribution in [1.82, 2.24) is 29.5 Å². The van der Waals surface area contributed by atoms with Gasteiger partial charge in [-0.2, -0.15) is 5.10 Å². The summed E-state index contributed by atoms with van der Waals surface area (Å²) >= 11 is 0. The first-order valence-electron chi connectivity index (χ1n) is 14.2. The van der Waals surface area contributed by atoms with E-state index in [-0.39, 0.29) is 17.7 Å². The number of amides is 2. The molecule has 4 heterocycles. The molecule has 2 aromatic heterocycles. The molecule has 9 nitrogen and oxygen atoms in total. The highest BCUT2D eigenvalue weighted by Gasteiger charge is 2.28. The number of hydrogen-bond donors (Lipinski definition) is 1. The summed E-state index contributed by atoms with van der Waals surface area (Å²) in [6, 6.07) is 15.4. The maximum atomic E-state index is 13.1. The molecule has 40 heavy (non-hydrogen) atoms. The number of nitrogens with zero attached hydrogens (tertiary/aromatic N) is 6. The van der Waals surface area contributed by atoms with Crippen LogP contribution < -0.4 is 5.32 Å². The van der Waals surface area contributed by atoms with E-state index in [0.717, 1.165) is 41.7 Å². The number of aromatic nitrogens is 4. The fourth-order valence-electron chi connectivity index (χ4n) is 5.79. The molecular formula is C31H35N7O2. The molecule has 0 spiro atoms. The Hall–Kier alpha value is -4.11. The van der Waals surface area contributed by atoms with Crippen LogP contribution in [0, 0.1) is 5.92 Å². The van der Waals surface area contributed by atoms with Gasteiger partial charge in [-0.3, -0.25) is 24.5 Å². The summed E-state index contributed by atoms with van der Waals surface area (Å²) in [6.45, 7) is 4.24. The van der Waals surface area contributed by atoms with Crippen LogP contribution in [0.2, 0.25) is 0 Å². The second-order valence-corrected chi connectivity index (χ2v) is 10.9. The molecule has 2 aliphatic heterocycles. The zero-order chi connectivity index (χ0) is 27.5. The van der Waals surface area contributed by atoms with Gasteiger partial charge in [0.05, 0.1) is 17.4 Å². The van der Waals surface area contributed by atoms with Gasteiger partial charge in [0.15, 0.2) is 0 Å². The average Bonchev–Trinajstić information content (AvgIpc) is 3.37. The maximum absolute atomic E-state index is 13.1. The third-order valence-electron chi connectivity index (χ3n) is 8.19. The number of hydrogen-bond acceptors (Lipinski definition) is 6. The Kier molecular flexibility index (Phi) is 7.55. The van der Waals surface area contributed by atoms with Crippen LogP contribution in [0.15, 0.2) is 60.9 Å². The van der Waals surface area contributed by atoms with Crippen molar-refractivity contribution in [2.24, 2.45) is 13.0 Å². The summed E-state index contributed by atoms with van der Waals surface area (Å²) in [7, 11) is 2.00. The number of carbonyl (C=O) groups excluding carboxylic acids is 2. The second kappa shape index (κ2) is 11.6. The summed E-state index contributed by atoms with van der Waals surface area (Å²) in [5.41, 5.74) is 4.81. The van der Waals surface area contributed by atoms with Gasteiger partial charge in [-0.25, -0.2) is 9.97 Å². The van der Waals surface area contributed by atoms with Crippen LogP contribution in [0.5, 0.6) is 0 Å². The van der Waals surface area contributed by atoms with Crippen LogP contribution in [-0.4, -0.2) is 67.5 Å². The molecule has 0 aliphatic carbocycles. The van der Waals surface area contributed by atoms with E-state index in [0.29, 0.717) is 37.4 Å². The standard InChI is InChI=1S/C31H35N7O2/c1-36-28(21-37-14-6-3-7-15-37)26(20-33-36)24-10-11-25-19-32-31(34-27(25)18-24)35-29(39)22-12-16-38(17-13-22)30(40)23-8-4-2-5-9-23/h2,4-5,8-11,18-20,22H,3,6-7,12-17,21H2,1H3,(H,32,34,35,39). The van der Waals surface area contributed by atoms with Gasteiger partial charge >= 0.3 is 0 Å². The molecule has 0 atom stereocenters. The van der Waals surface area contributed by atoms with Crippen molar-refractivity contribution in [3.63, 3.8) is 0 Å². The number of benzene rings is 2. The van der Waals surface area contributed by atoms with E-state index in [4.69, 9.17) is 0 Å². The first-order valence-corrected chi connectivity index (χ1v) is 14.2. The van der Waals surface area contributed by atoms with Gasteiger partial charge in [0.25, 0.3) is 5.91 Å². The van der Waals surface area contributed by atoms with Gasteiger partial charge in [0.2, 0.25) is 11.9 Å². The summed E-state index contributed by atoms with van der Waals surface area (Å²) in [4.78, 5) is 39.2. The van der Waals surface area contributed by atoms with Crippen LogP contribution in [0.4, 0.5) is 5.95 Å². The Morgan fingerprint density at radius 2 is 1.73 bits per heavy atom. The molecule has 2 fully saturated rings. The minimum atomic E-state index is -0.182. The summed E-state index contributed by atoms with van der Waals surface area (Å²) in [5.74, 6) is 0.0366. The average molecular weight is 538 g/mol. The highest BCUT2D eigenvalue weighted by atomic mass is 16.2. The fourth-order valence-corrected chi connectivity index (χ4v) is 5.79. The molecule has 1 N–H and O–H groups in total. The van der Waals surface area contributed by atoms with Crippen molar-refractivity contribution in [3.05, 3.63) is 72.2 Å². The van der Waals surface area contributed by atoms with E-state index in [2.05, 4.69) is 37.4 Å². The highest BCUT2D eigenvalue weighted by molar-refractivity contribution is 5.95. The van der Waals surface area contributed by atoms with Crippen LogP contribution in [0.25, 0.3) is 22.0 Å². The maximum Gasteiger partial charge on any atom is 0.253 e. The number of likely N-dealkylation sites (tertiary alicyclic amines) is 2. The molecule has 6 rings (SSSR count). The first kappa shape index (κ1) is 26.1. The fraction of sp³-hybridized carbons (Fsp3) is 0.387. The predicted octanol–water partition coefficient (Wildman–Crippen LogP) is 4.51. The van der Waals surface area contributed by atoms with Crippen LogP contribution in [0.3, 0.4) is 0 Å². The van der Waals surface area contributed by atoms with E-state index in [9.17, 15) is 9.59 Å². The third-order valence-corrected chi connectivity index (χ3v) is 8.19. The Balaban J connectivity index is 1.13. The van der Waals surface area contributed by atoms with E-state index in [1.807, 2.05) is 59.2 Å². The molecule has 2 amide bonds. The largest absolute Gasteiger partial charge is 0.339 e. The quantitative estimate of drug-likeness (QED) is 0.389. The molecule has 4 aromatic rings. The first-order chi connectivity index (χ1) is 19.5. The van der Waals surface area contributed by atoms with E-state index < -0.39 is 0 Å². The summed E-state index contributed by atoms with van der Waals surface area (Å²) in [5, 5.41) is 8.39. The zero-order valence-electron chi connectivity index (χ0n) is 22.9. The van der Waals surface area contributed by atoms with E-state index >= 15 is 0 Å². The zero-order valence-corrected chi connectivity index (χ0v) is 22.9. The number of rotatable bonds is 6.